The number of aromatic nitrogens is 2. The van der Waals surface area contributed by atoms with Crippen molar-refractivity contribution in [3.8, 4) is 10.7 Å². The molecule has 90 valence electrons. The van der Waals surface area contributed by atoms with E-state index < -0.39 is 0 Å². The molecule has 0 saturated carbocycles. The molecule has 2 aromatic heterocycles. The topological polar surface area (TPSA) is 60.2 Å². The first-order valence-electron chi connectivity index (χ1n) is 5.57. The Bertz CT molecular complexity index is 483. The van der Waals surface area contributed by atoms with Crippen LogP contribution in [0.3, 0.4) is 0 Å². The lowest BCUT2D eigenvalue weighted by atomic mass is 10.1. The largest absolute Gasteiger partial charge is 0.375 e. The van der Waals surface area contributed by atoms with Crippen molar-refractivity contribution in [3.63, 3.8) is 0 Å². The third kappa shape index (κ3) is 2.11. The minimum absolute atomic E-state index is 0.00929. The minimum atomic E-state index is -0.00929. The Labute approximate surface area is 103 Å². The van der Waals surface area contributed by atoms with Gasteiger partial charge >= 0.3 is 0 Å². The SMILES string of the molecule is C[C@H]1OCCN[C@@H]1c1nc(-c2cccs2)no1. The molecular weight excluding hydrogens is 238 g/mol. The second-order valence-electron chi connectivity index (χ2n) is 3.94. The highest BCUT2D eigenvalue weighted by Gasteiger charge is 2.28. The molecule has 3 rings (SSSR count). The lowest BCUT2D eigenvalue weighted by molar-refractivity contribution is -0.00136. The summed E-state index contributed by atoms with van der Waals surface area (Å²) in [6, 6.07) is 3.94. The van der Waals surface area contributed by atoms with Crippen molar-refractivity contribution in [2.45, 2.75) is 19.1 Å². The highest BCUT2D eigenvalue weighted by atomic mass is 32.1. The number of nitrogens with zero attached hydrogens (tertiary/aromatic N) is 2. The number of thiophene rings is 1. The van der Waals surface area contributed by atoms with Crippen LogP contribution >= 0.6 is 11.3 Å². The van der Waals surface area contributed by atoms with Crippen molar-refractivity contribution < 1.29 is 9.26 Å². The smallest absolute Gasteiger partial charge is 0.246 e. The lowest BCUT2D eigenvalue weighted by Crippen LogP contribution is -2.40. The first-order chi connectivity index (χ1) is 8.34. The van der Waals surface area contributed by atoms with E-state index in [0.717, 1.165) is 18.0 Å². The van der Waals surface area contributed by atoms with Gasteiger partial charge in [0.2, 0.25) is 11.7 Å². The summed E-state index contributed by atoms with van der Waals surface area (Å²) in [7, 11) is 0. The van der Waals surface area contributed by atoms with Gasteiger partial charge in [0.1, 0.15) is 6.04 Å². The van der Waals surface area contributed by atoms with E-state index in [1.807, 2.05) is 24.4 Å². The molecule has 1 aliphatic rings. The highest BCUT2D eigenvalue weighted by Crippen LogP contribution is 2.25. The fourth-order valence-electron chi connectivity index (χ4n) is 1.88. The Morgan fingerprint density at radius 2 is 2.47 bits per heavy atom. The monoisotopic (exact) mass is 251 g/mol. The molecule has 6 heteroatoms. The number of nitrogens with one attached hydrogen (secondary N) is 1. The minimum Gasteiger partial charge on any atom is -0.375 e. The highest BCUT2D eigenvalue weighted by molar-refractivity contribution is 7.13. The third-order valence-corrected chi connectivity index (χ3v) is 3.63. The van der Waals surface area contributed by atoms with Crippen LogP contribution in [0.4, 0.5) is 0 Å². The van der Waals surface area contributed by atoms with Crippen LogP contribution in [0.5, 0.6) is 0 Å². The molecule has 17 heavy (non-hydrogen) atoms. The molecule has 0 radical (unpaired) electrons. The summed E-state index contributed by atoms with van der Waals surface area (Å²) in [5, 5.41) is 9.32. The van der Waals surface area contributed by atoms with Gasteiger partial charge < -0.3 is 14.6 Å². The number of hydrogen-bond donors (Lipinski definition) is 1. The molecule has 0 aromatic carbocycles. The molecule has 0 aliphatic carbocycles. The van der Waals surface area contributed by atoms with Crippen LogP contribution in [-0.4, -0.2) is 29.4 Å². The Morgan fingerprint density at radius 3 is 3.24 bits per heavy atom. The van der Waals surface area contributed by atoms with E-state index in [9.17, 15) is 0 Å². The van der Waals surface area contributed by atoms with Crippen molar-refractivity contribution in [2.75, 3.05) is 13.2 Å². The quantitative estimate of drug-likeness (QED) is 0.882. The average molecular weight is 251 g/mol. The second-order valence-corrected chi connectivity index (χ2v) is 4.89. The normalized spacial score (nSPS) is 25.0. The van der Waals surface area contributed by atoms with Gasteiger partial charge in [-0.05, 0) is 18.4 Å². The van der Waals surface area contributed by atoms with Gasteiger partial charge in [0.25, 0.3) is 0 Å². The zero-order valence-corrected chi connectivity index (χ0v) is 10.2. The molecule has 1 saturated heterocycles. The van der Waals surface area contributed by atoms with Gasteiger partial charge in [-0.3, -0.25) is 0 Å². The van der Waals surface area contributed by atoms with Crippen molar-refractivity contribution in [3.05, 3.63) is 23.4 Å². The molecule has 1 aliphatic heterocycles. The Morgan fingerprint density at radius 1 is 1.53 bits per heavy atom. The van der Waals surface area contributed by atoms with Gasteiger partial charge in [-0.1, -0.05) is 11.2 Å². The van der Waals surface area contributed by atoms with Crippen LogP contribution in [-0.2, 0) is 4.74 Å². The van der Waals surface area contributed by atoms with Crippen LogP contribution < -0.4 is 5.32 Å². The summed E-state index contributed by atoms with van der Waals surface area (Å²) in [5.41, 5.74) is 0. The van der Waals surface area contributed by atoms with Gasteiger partial charge in [-0.25, -0.2) is 0 Å². The predicted molar refractivity (Wildman–Crippen MR) is 63.8 cm³/mol. The zero-order valence-electron chi connectivity index (χ0n) is 9.42. The van der Waals surface area contributed by atoms with E-state index in [1.165, 1.54) is 0 Å². The fourth-order valence-corrected chi connectivity index (χ4v) is 2.53. The maximum atomic E-state index is 5.56. The van der Waals surface area contributed by atoms with Crippen LogP contribution in [0.15, 0.2) is 22.0 Å². The number of morpholine rings is 1. The molecule has 1 fully saturated rings. The zero-order chi connectivity index (χ0) is 11.7. The summed E-state index contributed by atoms with van der Waals surface area (Å²) in [4.78, 5) is 5.43. The average Bonchev–Trinajstić information content (AvgIpc) is 3.00. The number of ether oxygens (including phenoxy) is 1. The summed E-state index contributed by atoms with van der Waals surface area (Å²) < 4.78 is 10.9. The Balaban J connectivity index is 1.84. The van der Waals surface area contributed by atoms with Crippen molar-refractivity contribution >= 4 is 11.3 Å². The van der Waals surface area contributed by atoms with Gasteiger partial charge in [-0.15, -0.1) is 11.3 Å². The van der Waals surface area contributed by atoms with Gasteiger partial charge in [0, 0.05) is 6.54 Å². The molecule has 2 aromatic rings. The summed E-state index contributed by atoms with van der Waals surface area (Å²) in [6.45, 7) is 3.54. The van der Waals surface area contributed by atoms with E-state index in [-0.39, 0.29) is 12.1 Å². The molecule has 5 nitrogen and oxygen atoms in total. The molecule has 1 N–H and O–H groups in total. The van der Waals surface area contributed by atoms with Crippen LogP contribution in [0.25, 0.3) is 10.7 Å². The summed E-state index contributed by atoms with van der Waals surface area (Å²) in [6.07, 6.45) is 0.0559. The number of rotatable bonds is 2. The van der Waals surface area contributed by atoms with Crippen LogP contribution in [0.2, 0.25) is 0 Å². The molecule has 2 atom stereocenters. The lowest BCUT2D eigenvalue weighted by Gasteiger charge is -2.27. The van der Waals surface area contributed by atoms with E-state index in [0.29, 0.717) is 11.7 Å². The summed E-state index contributed by atoms with van der Waals surface area (Å²) in [5.74, 6) is 1.25. The first-order valence-corrected chi connectivity index (χ1v) is 6.45. The molecule has 0 spiro atoms. The van der Waals surface area contributed by atoms with Crippen LogP contribution in [0.1, 0.15) is 18.9 Å². The van der Waals surface area contributed by atoms with Gasteiger partial charge in [-0.2, -0.15) is 4.98 Å². The van der Waals surface area contributed by atoms with Crippen molar-refractivity contribution in [1.29, 1.82) is 0 Å². The van der Waals surface area contributed by atoms with E-state index in [1.54, 1.807) is 11.3 Å². The number of hydrogen-bond acceptors (Lipinski definition) is 6. The maximum Gasteiger partial charge on any atom is 0.246 e. The van der Waals surface area contributed by atoms with Gasteiger partial charge in [0.15, 0.2) is 0 Å². The second kappa shape index (κ2) is 4.56. The summed E-state index contributed by atoms with van der Waals surface area (Å²) >= 11 is 1.60. The fraction of sp³-hybridized carbons (Fsp3) is 0.455. The van der Waals surface area contributed by atoms with Gasteiger partial charge in [0.05, 0.1) is 17.6 Å². The van der Waals surface area contributed by atoms with Crippen molar-refractivity contribution in [1.82, 2.24) is 15.5 Å². The first kappa shape index (κ1) is 10.9. The Kier molecular flexibility index (Phi) is 2.92. The predicted octanol–water partition coefficient (Wildman–Crippen LogP) is 1.85. The standard InChI is InChI=1S/C11H13N3O2S/c1-7-9(12-4-5-15-7)11-13-10(14-16-11)8-3-2-6-17-8/h2-3,6-7,9,12H,4-5H2,1H3/t7-,9+/m1/s1. The van der Waals surface area contributed by atoms with Crippen LogP contribution in [0, 0.1) is 0 Å². The third-order valence-electron chi connectivity index (χ3n) is 2.77. The maximum absolute atomic E-state index is 5.56. The molecule has 0 amide bonds. The molecular formula is C11H13N3O2S. The molecule has 0 unspecified atom stereocenters. The van der Waals surface area contributed by atoms with Crippen molar-refractivity contribution in [2.24, 2.45) is 0 Å². The van der Waals surface area contributed by atoms with E-state index in [2.05, 4.69) is 15.5 Å². The van der Waals surface area contributed by atoms with E-state index in [4.69, 9.17) is 9.26 Å². The molecule has 0 bridgehead atoms. The Hall–Kier alpha value is -1.24. The van der Waals surface area contributed by atoms with E-state index >= 15 is 0 Å². The molecule has 3 heterocycles.